The van der Waals surface area contributed by atoms with Gasteiger partial charge in [-0.2, -0.15) is 0 Å². The van der Waals surface area contributed by atoms with E-state index in [1.54, 1.807) is 30.3 Å². The Morgan fingerprint density at radius 2 is 1.37 bits per heavy atom. The van der Waals surface area contributed by atoms with Crippen molar-refractivity contribution in [3.8, 4) is 33.6 Å². The number of furan rings is 1. The molecule has 3 heterocycles. The molecule has 0 fully saturated rings. The van der Waals surface area contributed by atoms with Crippen LogP contribution >= 0.6 is 0 Å². The third-order valence-corrected chi connectivity index (χ3v) is 11.8. The molecular weight excluding hydrogens is 897 g/mol. The molecule has 9 aromatic rings. The fourth-order valence-corrected chi connectivity index (χ4v) is 7.69. The number of pyridine rings is 2. The molecule has 6 aromatic carbocycles. The second-order valence-electron chi connectivity index (χ2n) is 16.3. The predicted molar refractivity (Wildman–Crippen MR) is 246 cm³/mol. The first kappa shape index (κ1) is 31.5. The zero-order valence-corrected chi connectivity index (χ0v) is 36.6. The van der Waals surface area contributed by atoms with Gasteiger partial charge in [-0.3, -0.25) is 0 Å². The summed E-state index contributed by atoms with van der Waals surface area (Å²) >= 11 is 0. The molecule has 9 rings (SSSR count). The number of benzene rings is 6. The molecule has 0 saturated heterocycles. The Balaban J connectivity index is 0.000000274. The number of rotatable bonds is 6. The number of hydrogen-bond donors (Lipinski definition) is 0. The monoisotopic (exact) mass is 958 g/mol. The summed E-state index contributed by atoms with van der Waals surface area (Å²) in [4.78, 5) is 9.05. The standard InChI is InChI=1S/C39H34NO.C16H18N.Ir/c1-6-39(5,7-2)28-18-20-29(24(3)21-28)34-22-35(40-23-25(34)4)33-14-10-13-31-32-19-17-27-16-15-26-11-8-9-12-30(26)36(27)38(32)41-37(31)33;1-12-5-7-13(8-6-12)15-10-9-14(11-17-15)16(2,3)4;/h8-13,15-23H,6-7H2,1-5H3;5-7,9-11H,1-4H3;/q2*-1;/i3D3,4D3;1D3;. The van der Waals surface area contributed by atoms with Gasteiger partial charge in [0, 0.05) is 55.6 Å². The zero-order chi connectivity index (χ0) is 48.3. The van der Waals surface area contributed by atoms with Crippen molar-refractivity contribution in [3.63, 3.8) is 0 Å². The number of aromatic nitrogens is 2. The van der Waals surface area contributed by atoms with Gasteiger partial charge in [-0.05, 0) is 98.3 Å². The molecule has 1 radical (unpaired) electrons. The maximum absolute atomic E-state index is 8.47. The molecule has 0 saturated carbocycles. The van der Waals surface area contributed by atoms with Crippen LogP contribution in [0.4, 0.5) is 0 Å². The number of fused-ring (bicyclic) bond motifs is 7. The van der Waals surface area contributed by atoms with Crippen LogP contribution in [0.5, 0.6) is 0 Å². The summed E-state index contributed by atoms with van der Waals surface area (Å²) in [6.07, 6.45) is 4.88. The Kier molecular flexibility index (Phi) is 8.91. The van der Waals surface area contributed by atoms with Crippen LogP contribution in [-0.2, 0) is 30.9 Å². The zero-order valence-electron chi connectivity index (χ0n) is 43.2. The van der Waals surface area contributed by atoms with E-state index in [4.69, 9.17) is 16.8 Å². The fraction of sp³-hybridized carbons (Fsp3) is 0.236. The number of nitrogens with zero attached hydrogens (tertiary/aromatic N) is 2. The third-order valence-electron chi connectivity index (χ3n) is 11.8. The van der Waals surface area contributed by atoms with Crippen molar-refractivity contribution in [1.29, 1.82) is 0 Å². The summed E-state index contributed by atoms with van der Waals surface area (Å²) in [6, 6.07) is 42.6. The van der Waals surface area contributed by atoms with Crippen LogP contribution in [0, 0.1) is 32.7 Å². The van der Waals surface area contributed by atoms with E-state index in [2.05, 4.69) is 100 Å². The van der Waals surface area contributed by atoms with Crippen LogP contribution in [0.15, 0.2) is 132 Å². The molecule has 3 aromatic heterocycles. The van der Waals surface area contributed by atoms with E-state index in [-0.39, 0.29) is 42.1 Å². The second kappa shape index (κ2) is 16.7. The van der Waals surface area contributed by atoms with Crippen LogP contribution in [-0.4, -0.2) is 9.97 Å². The average Bonchev–Trinajstić information content (AvgIpc) is 3.69. The number of hydrogen-bond acceptors (Lipinski definition) is 3. The molecule has 59 heavy (non-hydrogen) atoms. The van der Waals surface area contributed by atoms with Crippen molar-refractivity contribution in [1.82, 2.24) is 9.97 Å². The quantitative estimate of drug-likeness (QED) is 0.123. The molecule has 0 aliphatic rings. The summed E-state index contributed by atoms with van der Waals surface area (Å²) in [5.41, 5.74) is 6.97. The van der Waals surface area contributed by atoms with Crippen molar-refractivity contribution >= 4 is 43.5 Å². The topological polar surface area (TPSA) is 38.9 Å². The summed E-state index contributed by atoms with van der Waals surface area (Å²) in [7, 11) is 0. The Hall–Kier alpha value is -5.41. The SMILES string of the molecule is [2H]C([2H])([2H])c1c[c-]c(-c2ccc(C(C)(C)C)cn2)cc1.[2H]C([2H])([2H])c1cnc(-c2[c-]ccc3c2oc2c3ccc3ccc4ccccc4c32)cc1-c1ccc(C(C)(CC)CC)cc1C([2H])([2H])[2H].[Ir]. The van der Waals surface area contributed by atoms with E-state index in [0.717, 1.165) is 67.6 Å². The first-order valence-corrected chi connectivity index (χ1v) is 19.8. The molecule has 0 N–H and O–H groups in total. The van der Waals surface area contributed by atoms with Crippen molar-refractivity contribution < 1.29 is 36.9 Å². The van der Waals surface area contributed by atoms with Gasteiger partial charge < -0.3 is 14.4 Å². The van der Waals surface area contributed by atoms with E-state index < -0.39 is 20.6 Å². The Morgan fingerprint density at radius 1 is 0.627 bits per heavy atom. The van der Waals surface area contributed by atoms with E-state index in [9.17, 15) is 0 Å². The van der Waals surface area contributed by atoms with E-state index in [1.807, 2.05) is 48.7 Å². The summed E-state index contributed by atoms with van der Waals surface area (Å²) in [5, 5.41) is 6.12. The van der Waals surface area contributed by atoms with Crippen LogP contribution < -0.4 is 0 Å². The molecule has 0 amide bonds. The smallest absolute Gasteiger partial charge is 0.129 e. The summed E-state index contributed by atoms with van der Waals surface area (Å²) in [5.74, 6) is 0. The van der Waals surface area contributed by atoms with Gasteiger partial charge in [0.2, 0.25) is 0 Å². The van der Waals surface area contributed by atoms with Gasteiger partial charge in [0.25, 0.3) is 0 Å². The van der Waals surface area contributed by atoms with Crippen LogP contribution in [0.1, 0.15) is 94.5 Å². The number of aryl methyl sites for hydroxylation is 3. The average molecular weight is 958 g/mol. The Morgan fingerprint density at radius 3 is 2.08 bits per heavy atom. The van der Waals surface area contributed by atoms with Crippen LogP contribution in [0.25, 0.3) is 77.1 Å². The Bertz CT molecular complexity index is 3210. The molecule has 0 aliphatic heterocycles. The van der Waals surface area contributed by atoms with Gasteiger partial charge in [-0.15, -0.1) is 53.6 Å². The van der Waals surface area contributed by atoms with Gasteiger partial charge in [0.05, 0.1) is 5.58 Å². The van der Waals surface area contributed by atoms with Gasteiger partial charge in [-0.25, -0.2) is 0 Å². The largest absolute Gasteiger partial charge is 0.500 e. The molecular formula is C55H52IrN2O-2. The van der Waals surface area contributed by atoms with Gasteiger partial charge in [0.15, 0.2) is 0 Å². The summed E-state index contributed by atoms with van der Waals surface area (Å²) < 4.78 is 79.1. The predicted octanol–water partition coefficient (Wildman–Crippen LogP) is 15.3. The van der Waals surface area contributed by atoms with Crippen LogP contribution in [0.2, 0.25) is 0 Å². The maximum atomic E-state index is 8.47. The normalized spacial score (nSPS) is 14.7. The molecule has 0 unspecified atom stereocenters. The van der Waals surface area contributed by atoms with Crippen molar-refractivity contribution in [2.24, 2.45) is 0 Å². The van der Waals surface area contributed by atoms with Gasteiger partial charge in [-0.1, -0.05) is 144 Å². The maximum Gasteiger partial charge on any atom is 0.129 e. The molecule has 299 valence electrons. The van der Waals surface area contributed by atoms with Crippen LogP contribution in [0.3, 0.4) is 0 Å². The molecule has 0 atom stereocenters. The fourth-order valence-electron chi connectivity index (χ4n) is 7.69. The molecule has 0 aliphatic carbocycles. The first-order chi connectivity index (χ1) is 31.5. The van der Waals surface area contributed by atoms with E-state index in [1.165, 1.54) is 17.8 Å². The van der Waals surface area contributed by atoms with E-state index >= 15 is 0 Å². The third kappa shape index (κ3) is 8.01. The van der Waals surface area contributed by atoms with E-state index in [0.29, 0.717) is 33.5 Å². The van der Waals surface area contributed by atoms with Crippen molar-refractivity contribution in [2.45, 2.75) is 85.8 Å². The second-order valence-corrected chi connectivity index (χ2v) is 16.3. The van der Waals surface area contributed by atoms with Gasteiger partial charge >= 0.3 is 0 Å². The minimum absolute atomic E-state index is 0. The molecule has 0 spiro atoms. The summed E-state index contributed by atoms with van der Waals surface area (Å²) in [6.45, 7) is 5.64. The first-order valence-electron chi connectivity index (χ1n) is 24.3. The minimum Gasteiger partial charge on any atom is -0.500 e. The van der Waals surface area contributed by atoms with Gasteiger partial charge in [0.1, 0.15) is 5.58 Å². The molecule has 0 bridgehead atoms. The minimum atomic E-state index is -2.53. The molecule has 4 heteroatoms. The molecule has 3 nitrogen and oxygen atoms in total. The van der Waals surface area contributed by atoms with Crippen molar-refractivity contribution in [3.05, 3.63) is 168 Å². The van der Waals surface area contributed by atoms with Crippen molar-refractivity contribution in [2.75, 3.05) is 0 Å². The Labute approximate surface area is 375 Å².